The van der Waals surface area contributed by atoms with Gasteiger partial charge in [-0.25, -0.2) is 4.79 Å². The van der Waals surface area contributed by atoms with Crippen LogP contribution in [0.4, 0.5) is 4.79 Å². The van der Waals surface area contributed by atoms with Crippen LogP contribution in [0.25, 0.3) is 0 Å². The zero-order chi connectivity index (χ0) is 14.4. The van der Waals surface area contributed by atoms with Crippen LogP contribution in [0.15, 0.2) is 36.0 Å². The van der Waals surface area contributed by atoms with E-state index in [-0.39, 0.29) is 6.03 Å². The van der Waals surface area contributed by atoms with Gasteiger partial charge in [-0.15, -0.1) is 0 Å². The molecule has 1 aromatic rings. The highest BCUT2D eigenvalue weighted by molar-refractivity contribution is 5.74. The molecule has 0 aromatic heterocycles. The maximum atomic E-state index is 11.8. The molecule has 1 aromatic carbocycles. The molecule has 1 fully saturated rings. The highest BCUT2D eigenvalue weighted by Gasteiger charge is 2.16. The predicted octanol–water partition coefficient (Wildman–Crippen LogP) is 3.89. The molecule has 0 spiro atoms. The smallest absolute Gasteiger partial charge is 0.319 e. The Balaban J connectivity index is 1.76. The lowest BCUT2D eigenvalue weighted by Gasteiger charge is -2.10. The number of urea groups is 1. The largest absolute Gasteiger partial charge is 0.334 e. The average Bonchev–Trinajstić information content (AvgIpc) is 2.97. The number of carbonyl (C=O) groups excluding carboxylic acids is 1. The fraction of sp³-hybridized carbons (Fsp3) is 0.471. The van der Waals surface area contributed by atoms with Gasteiger partial charge in [0.15, 0.2) is 0 Å². The third-order valence-electron chi connectivity index (χ3n) is 3.97. The van der Waals surface area contributed by atoms with Crippen LogP contribution < -0.4 is 10.6 Å². The van der Waals surface area contributed by atoms with Crippen molar-refractivity contribution in [2.75, 3.05) is 0 Å². The number of allylic oxidation sites excluding steroid dienone is 1. The van der Waals surface area contributed by atoms with Gasteiger partial charge in [-0.3, -0.25) is 0 Å². The number of carbonyl (C=O) groups is 1. The van der Waals surface area contributed by atoms with Gasteiger partial charge in [-0.2, -0.15) is 0 Å². The van der Waals surface area contributed by atoms with Crippen molar-refractivity contribution >= 4 is 6.03 Å². The third-order valence-corrected chi connectivity index (χ3v) is 3.97. The van der Waals surface area contributed by atoms with E-state index in [1.165, 1.54) is 36.8 Å². The van der Waals surface area contributed by atoms with Gasteiger partial charge in [-0.05, 0) is 38.2 Å². The Bertz CT molecular complexity index is 488. The van der Waals surface area contributed by atoms with E-state index in [2.05, 4.69) is 36.6 Å². The van der Waals surface area contributed by atoms with E-state index in [0.29, 0.717) is 12.5 Å². The lowest BCUT2D eigenvalue weighted by Crippen LogP contribution is -2.32. The van der Waals surface area contributed by atoms with Crippen molar-refractivity contribution in [2.45, 2.75) is 46.1 Å². The summed E-state index contributed by atoms with van der Waals surface area (Å²) in [5.74, 6) is 0.659. The summed E-state index contributed by atoms with van der Waals surface area (Å²) in [6.45, 7) is 4.72. The Labute approximate surface area is 121 Å². The lowest BCUT2D eigenvalue weighted by molar-refractivity contribution is 0.243. The van der Waals surface area contributed by atoms with Crippen LogP contribution in [0, 0.1) is 12.8 Å². The van der Waals surface area contributed by atoms with Crippen LogP contribution in [0.1, 0.15) is 43.7 Å². The molecule has 0 radical (unpaired) electrons. The SMILES string of the molecule is C/C(=C\NC(=O)NCc1cccc(C)c1)C1CCCC1. The molecule has 3 nitrogen and oxygen atoms in total. The maximum Gasteiger partial charge on any atom is 0.319 e. The number of hydrogen-bond donors (Lipinski definition) is 2. The number of amides is 2. The van der Waals surface area contributed by atoms with E-state index >= 15 is 0 Å². The Kier molecular flexibility index (Phi) is 5.22. The first-order valence-corrected chi connectivity index (χ1v) is 7.42. The van der Waals surface area contributed by atoms with E-state index in [1.807, 2.05) is 18.3 Å². The Hall–Kier alpha value is -1.77. The minimum atomic E-state index is -0.135. The Morgan fingerprint density at radius 1 is 1.35 bits per heavy atom. The lowest BCUT2D eigenvalue weighted by atomic mass is 10.0. The summed E-state index contributed by atoms with van der Waals surface area (Å²) in [4.78, 5) is 11.8. The Morgan fingerprint density at radius 3 is 2.80 bits per heavy atom. The van der Waals surface area contributed by atoms with Crippen molar-refractivity contribution < 1.29 is 4.79 Å². The normalized spacial score (nSPS) is 16.2. The molecule has 0 saturated heterocycles. The molecule has 3 heteroatoms. The maximum absolute atomic E-state index is 11.8. The first-order chi connectivity index (χ1) is 9.65. The van der Waals surface area contributed by atoms with Crippen molar-refractivity contribution in [3.8, 4) is 0 Å². The van der Waals surface area contributed by atoms with E-state index in [4.69, 9.17) is 0 Å². The molecule has 0 heterocycles. The monoisotopic (exact) mass is 272 g/mol. The molecule has 20 heavy (non-hydrogen) atoms. The number of rotatable bonds is 4. The quantitative estimate of drug-likeness (QED) is 0.858. The van der Waals surface area contributed by atoms with Gasteiger partial charge in [0.05, 0.1) is 0 Å². The minimum Gasteiger partial charge on any atom is -0.334 e. The van der Waals surface area contributed by atoms with Crippen LogP contribution in [0.2, 0.25) is 0 Å². The molecule has 1 aliphatic carbocycles. The zero-order valence-electron chi connectivity index (χ0n) is 12.4. The second-order valence-electron chi connectivity index (χ2n) is 5.69. The molecule has 108 valence electrons. The van der Waals surface area contributed by atoms with Gasteiger partial charge in [0, 0.05) is 12.7 Å². The highest BCUT2D eigenvalue weighted by atomic mass is 16.2. The van der Waals surface area contributed by atoms with Crippen LogP contribution >= 0.6 is 0 Å². The first kappa shape index (κ1) is 14.6. The van der Waals surface area contributed by atoms with Gasteiger partial charge in [-0.1, -0.05) is 48.2 Å². The molecule has 0 unspecified atom stereocenters. The van der Waals surface area contributed by atoms with Gasteiger partial charge >= 0.3 is 6.03 Å². The number of benzene rings is 1. The second kappa shape index (κ2) is 7.13. The van der Waals surface area contributed by atoms with Crippen LogP contribution in [0.5, 0.6) is 0 Å². The van der Waals surface area contributed by atoms with Crippen LogP contribution in [0.3, 0.4) is 0 Å². The average molecular weight is 272 g/mol. The summed E-state index contributed by atoms with van der Waals surface area (Å²) in [5.41, 5.74) is 3.62. The highest BCUT2D eigenvalue weighted by Crippen LogP contribution is 2.30. The fourth-order valence-corrected chi connectivity index (χ4v) is 2.73. The van der Waals surface area contributed by atoms with E-state index < -0.39 is 0 Å². The Morgan fingerprint density at radius 2 is 2.10 bits per heavy atom. The summed E-state index contributed by atoms with van der Waals surface area (Å²) in [5, 5.41) is 5.71. The van der Waals surface area contributed by atoms with Crippen molar-refractivity contribution in [3.05, 3.63) is 47.2 Å². The summed E-state index contributed by atoms with van der Waals surface area (Å²) < 4.78 is 0. The molecule has 1 aliphatic rings. The second-order valence-corrected chi connectivity index (χ2v) is 5.69. The topological polar surface area (TPSA) is 41.1 Å². The molecule has 2 N–H and O–H groups in total. The molecule has 0 aliphatic heterocycles. The molecular weight excluding hydrogens is 248 g/mol. The van der Waals surface area contributed by atoms with E-state index in [0.717, 1.165) is 5.56 Å². The molecule has 2 amide bonds. The molecule has 1 saturated carbocycles. The number of nitrogens with one attached hydrogen (secondary N) is 2. The molecule has 0 bridgehead atoms. The minimum absolute atomic E-state index is 0.135. The number of aryl methyl sites for hydroxylation is 1. The predicted molar refractivity (Wildman–Crippen MR) is 82.3 cm³/mol. The van der Waals surface area contributed by atoms with Crippen molar-refractivity contribution in [1.29, 1.82) is 0 Å². The zero-order valence-corrected chi connectivity index (χ0v) is 12.4. The van der Waals surface area contributed by atoms with Crippen LogP contribution in [-0.2, 0) is 6.54 Å². The molecule has 2 rings (SSSR count). The molecule has 0 atom stereocenters. The standard InChI is InChI=1S/C17H24N2O/c1-13-6-5-7-15(10-13)12-19-17(20)18-11-14(2)16-8-3-4-9-16/h5-7,10-11,16H,3-4,8-9,12H2,1-2H3,(H2,18,19,20)/b14-11+. The molecular formula is C17H24N2O. The van der Waals surface area contributed by atoms with Gasteiger partial charge in [0.1, 0.15) is 0 Å². The van der Waals surface area contributed by atoms with Gasteiger partial charge < -0.3 is 10.6 Å². The van der Waals surface area contributed by atoms with E-state index in [9.17, 15) is 4.79 Å². The summed E-state index contributed by atoms with van der Waals surface area (Å²) in [7, 11) is 0. The van der Waals surface area contributed by atoms with Crippen LogP contribution in [-0.4, -0.2) is 6.03 Å². The fourth-order valence-electron chi connectivity index (χ4n) is 2.73. The van der Waals surface area contributed by atoms with Gasteiger partial charge in [0.2, 0.25) is 0 Å². The summed E-state index contributed by atoms with van der Waals surface area (Å²) >= 11 is 0. The first-order valence-electron chi connectivity index (χ1n) is 7.42. The van der Waals surface area contributed by atoms with Crippen molar-refractivity contribution in [1.82, 2.24) is 10.6 Å². The van der Waals surface area contributed by atoms with Gasteiger partial charge in [0.25, 0.3) is 0 Å². The number of hydrogen-bond acceptors (Lipinski definition) is 1. The summed E-state index contributed by atoms with van der Waals surface area (Å²) in [6.07, 6.45) is 7.01. The van der Waals surface area contributed by atoms with Crippen molar-refractivity contribution in [2.24, 2.45) is 5.92 Å². The van der Waals surface area contributed by atoms with E-state index in [1.54, 1.807) is 0 Å². The van der Waals surface area contributed by atoms with Crippen molar-refractivity contribution in [3.63, 3.8) is 0 Å². The third kappa shape index (κ3) is 4.41. The summed E-state index contributed by atoms with van der Waals surface area (Å²) in [6, 6.07) is 8.03.